The molecule has 3 amide bonds. The van der Waals surface area contributed by atoms with Crippen molar-refractivity contribution in [2.45, 2.75) is 37.8 Å². The molecule has 4 N–H and O–H groups in total. The molecule has 0 saturated carbocycles. The van der Waals surface area contributed by atoms with Crippen molar-refractivity contribution in [2.24, 2.45) is 5.92 Å². The largest absolute Gasteiger partial charge is 0.465 e. The number of rotatable bonds is 5. The lowest BCUT2D eigenvalue weighted by molar-refractivity contribution is -0.141. The number of likely N-dealkylation sites (tertiary alicyclic amines) is 1. The summed E-state index contributed by atoms with van der Waals surface area (Å²) in [5.41, 5.74) is 0. The maximum absolute atomic E-state index is 12.2. The van der Waals surface area contributed by atoms with Crippen LogP contribution in [-0.4, -0.2) is 64.8 Å². The van der Waals surface area contributed by atoms with Crippen LogP contribution in [0.3, 0.4) is 0 Å². The summed E-state index contributed by atoms with van der Waals surface area (Å²) in [5, 5.41) is 23.9. The number of carboxylic acid groups (broad SMARTS) is 1. The Kier molecular flexibility index (Phi) is 5.00. The van der Waals surface area contributed by atoms with Gasteiger partial charge in [-0.25, -0.2) is 4.79 Å². The Bertz CT molecular complexity index is 422. The first-order chi connectivity index (χ1) is 9.99. The average Bonchev–Trinajstić information content (AvgIpc) is 3.08. The van der Waals surface area contributed by atoms with E-state index >= 15 is 0 Å². The molecule has 0 spiro atoms. The van der Waals surface area contributed by atoms with Crippen molar-refractivity contribution in [2.75, 3.05) is 19.6 Å². The summed E-state index contributed by atoms with van der Waals surface area (Å²) in [4.78, 5) is 36.2. The molecular formula is C13H21N3O5. The van der Waals surface area contributed by atoms with Gasteiger partial charge in [-0.15, -0.1) is 0 Å². The molecule has 0 radical (unpaired) electrons. The average molecular weight is 299 g/mol. The topological polar surface area (TPSA) is 119 Å². The van der Waals surface area contributed by atoms with Gasteiger partial charge in [0.25, 0.3) is 5.91 Å². The van der Waals surface area contributed by atoms with Gasteiger partial charge in [-0.3, -0.25) is 9.59 Å². The molecule has 0 bridgehead atoms. The molecule has 2 heterocycles. The van der Waals surface area contributed by atoms with E-state index < -0.39 is 24.1 Å². The number of aliphatic hydroxyl groups excluding tert-OH is 1. The van der Waals surface area contributed by atoms with Crippen molar-refractivity contribution in [1.29, 1.82) is 0 Å². The first-order valence-electron chi connectivity index (χ1n) is 7.23. The third-order valence-electron chi connectivity index (χ3n) is 4.06. The van der Waals surface area contributed by atoms with Crippen LogP contribution in [0.1, 0.15) is 25.7 Å². The van der Waals surface area contributed by atoms with Gasteiger partial charge in [0.2, 0.25) is 5.91 Å². The monoisotopic (exact) mass is 299 g/mol. The zero-order chi connectivity index (χ0) is 15.4. The highest BCUT2D eigenvalue weighted by Crippen LogP contribution is 2.19. The summed E-state index contributed by atoms with van der Waals surface area (Å²) in [6.07, 6.45) is -0.277. The number of aliphatic hydroxyl groups is 1. The minimum absolute atomic E-state index is 0.124. The normalized spacial score (nSPS) is 24.5. The van der Waals surface area contributed by atoms with Crippen LogP contribution in [0.4, 0.5) is 4.79 Å². The molecule has 2 aliphatic heterocycles. The van der Waals surface area contributed by atoms with Crippen LogP contribution in [0.2, 0.25) is 0 Å². The molecule has 2 aliphatic rings. The van der Waals surface area contributed by atoms with Gasteiger partial charge in [-0.1, -0.05) is 0 Å². The zero-order valence-corrected chi connectivity index (χ0v) is 11.7. The second-order valence-corrected chi connectivity index (χ2v) is 5.55. The molecule has 2 fully saturated rings. The summed E-state index contributed by atoms with van der Waals surface area (Å²) < 4.78 is 0. The molecule has 118 valence electrons. The van der Waals surface area contributed by atoms with Crippen LogP contribution in [0.15, 0.2) is 0 Å². The van der Waals surface area contributed by atoms with Gasteiger partial charge < -0.3 is 25.7 Å². The van der Waals surface area contributed by atoms with Gasteiger partial charge in [0.15, 0.2) is 6.10 Å². The van der Waals surface area contributed by atoms with Gasteiger partial charge in [0.1, 0.15) is 0 Å². The molecule has 3 atom stereocenters. The molecule has 21 heavy (non-hydrogen) atoms. The fourth-order valence-electron chi connectivity index (χ4n) is 2.90. The minimum atomic E-state index is -1.45. The van der Waals surface area contributed by atoms with Crippen LogP contribution in [0, 0.1) is 5.92 Å². The first kappa shape index (κ1) is 15.6. The second kappa shape index (κ2) is 6.75. The van der Waals surface area contributed by atoms with Crippen molar-refractivity contribution in [3.8, 4) is 0 Å². The van der Waals surface area contributed by atoms with Crippen LogP contribution in [0.25, 0.3) is 0 Å². The molecule has 8 nitrogen and oxygen atoms in total. The minimum Gasteiger partial charge on any atom is -0.465 e. The Balaban J connectivity index is 2.01. The SMILES string of the molecule is O=C(O)N[C@@H](C[C@@H]1CCNC1=O)C(O)C(=O)N1CCCC1. The van der Waals surface area contributed by atoms with E-state index in [0.717, 1.165) is 12.8 Å². The van der Waals surface area contributed by atoms with Crippen LogP contribution < -0.4 is 10.6 Å². The van der Waals surface area contributed by atoms with Gasteiger partial charge in [0.05, 0.1) is 6.04 Å². The van der Waals surface area contributed by atoms with Gasteiger partial charge in [0, 0.05) is 25.6 Å². The Hall–Kier alpha value is -1.83. The Morgan fingerprint density at radius 1 is 1.38 bits per heavy atom. The standard InChI is InChI=1S/C13H21N3O5/c17-10(12(19)16-5-1-2-6-16)9(15-13(20)21)7-8-3-4-14-11(8)18/h8-10,15,17H,1-7H2,(H,14,18)(H,20,21)/t8-,9-,10?/m0/s1. The van der Waals surface area contributed by atoms with Crippen molar-refractivity contribution in [1.82, 2.24) is 15.5 Å². The van der Waals surface area contributed by atoms with E-state index in [0.29, 0.717) is 26.1 Å². The van der Waals surface area contributed by atoms with E-state index in [1.807, 2.05) is 0 Å². The lowest BCUT2D eigenvalue weighted by Crippen LogP contribution is -2.52. The third kappa shape index (κ3) is 3.84. The van der Waals surface area contributed by atoms with Gasteiger partial charge >= 0.3 is 6.09 Å². The predicted octanol–water partition coefficient (Wildman–Crippen LogP) is -0.868. The van der Waals surface area contributed by atoms with E-state index in [4.69, 9.17) is 5.11 Å². The molecular weight excluding hydrogens is 278 g/mol. The molecule has 1 unspecified atom stereocenters. The third-order valence-corrected chi connectivity index (χ3v) is 4.06. The highest BCUT2D eigenvalue weighted by molar-refractivity contribution is 5.83. The van der Waals surface area contributed by atoms with Crippen molar-refractivity contribution in [3.05, 3.63) is 0 Å². The van der Waals surface area contributed by atoms with E-state index in [1.54, 1.807) is 0 Å². The van der Waals surface area contributed by atoms with E-state index in [9.17, 15) is 19.5 Å². The lowest BCUT2D eigenvalue weighted by Gasteiger charge is -2.27. The smallest absolute Gasteiger partial charge is 0.404 e. The van der Waals surface area contributed by atoms with Crippen molar-refractivity contribution >= 4 is 17.9 Å². The lowest BCUT2D eigenvalue weighted by atomic mass is 9.94. The van der Waals surface area contributed by atoms with Crippen LogP contribution in [-0.2, 0) is 9.59 Å². The summed E-state index contributed by atoms with van der Waals surface area (Å²) in [6.45, 7) is 1.71. The number of hydrogen-bond acceptors (Lipinski definition) is 4. The molecule has 0 aromatic rings. The maximum atomic E-state index is 12.2. The fourth-order valence-corrected chi connectivity index (χ4v) is 2.90. The molecule has 8 heteroatoms. The summed E-state index contributed by atoms with van der Waals surface area (Å²) in [6, 6.07) is -0.968. The van der Waals surface area contributed by atoms with Gasteiger partial charge in [-0.05, 0) is 25.7 Å². The number of carbonyl (C=O) groups excluding carboxylic acids is 2. The number of carbonyl (C=O) groups is 3. The summed E-state index contributed by atoms with van der Waals surface area (Å²) in [7, 11) is 0. The molecule has 2 rings (SSSR count). The summed E-state index contributed by atoms with van der Waals surface area (Å²) in [5.74, 6) is -0.999. The Morgan fingerprint density at radius 3 is 2.57 bits per heavy atom. The molecule has 0 aromatic carbocycles. The number of amides is 3. The fraction of sp³-hybridized carbons (Fsp3) is 0.769. The number of hydrogen-bond donors (Lipinski definition) is 4. The molecule has 2 saturated heterocycles. The number of nitrogens with zero attached hydrogens (tertiary/aromatic N) is 1. The van der Waals surface area contributed by atoms with Crippen LogP contribution in [0.5, 0.6) is 0 Å². The maximum Gasteiger partial charge on any atom is 0.404 e. The van der Waals surface area contributed by atoms with Gasteiger partial charge in [-0.2, -0.15) is 0 Å². The molecule has 0 aliphatic carbocycles. The highest BCUT2D eigenvalue weighted by atomic mass is 16.4. The van der Waals surface area contributed by atoms with E-state index in [2.05, 4.69) is 10.6 Å². The summed E-state index contributed by atoms with van der Waals surface area (Å²) >= 11 is 0. The Labute approximate surface area is 122 Å². The van der Waals surface area contributed by atoms with Crippen molar-refractivity contribution < 1.29 is 24.6 Å². The van der Waals surface area contributed by atoms with E-state index in [-0.39, 0.29) is 18.2 Å². The zero-order valence-electron chi connectivity index (χ0n) is 11.7. The quantitative estimate of drug-likeness (QED) is 0.526. The van der Waals surface area contributed by atoms with Crippen LogP contribution >= 0.6 is 0 Å². The number of nitrogens with one attached hydrogen (secondary N) is 2. The molecule has 0 aromatic heterocycles. The highest BCUT2D eigenvalue weighted by Gasteiger charge is 2.36. The van der Waals surface area contributed by atoms with Crippen molar-refractivity contribution in [3.63, 3.8) is 0 Å². The Morgan fingerprint density at radius 2 is 2.05 bits per heavy atom. The first-order valence-corrected chi connectivity index (χ1v) is 7.23. The second-order valence-electron chi connectivity index (χ2n) is 5.55. The van der Waals surface area contributed by atoms with E-state index in [1.165, 1.54) is 4.90 Å². The predicted molar refractivity (Wildman–Crippen MR) is 72.5 cm³/mol.